The maximum atomic E-state index is 12.3. The van der Waals surface area contributed by atoms with Crippen molar-refractivity contribution in [2.75, 3.05) is 39.4 Å². The first-order valence-electron chi connectivity index (χ1n) is 10.7. The van der Waals surface area contributed by atoms with Gasteiger partial charge in [0.1, 0.15) is 6.54 Å². The number of rotatable bonds is 9. The van der Waals surface area contributed by atoms with Gasteiger partial charge in [0.15, 0.2) is 11.5 Å². The Labute approximate surface area is 193 Å². The number of aryl methyl sites for hydroxylation is 2. The Morgan fingerprint density at radius 3 is 2.29 bits per heavy atom. The van der Waals surface area contributed by atoms with Crippen molar-refractivity contribution in [2.24, 2.45) is 0 Å². The number of ether oxygens (including phenoxy) is 1. The van der Waals surface area contributed by atoms with Gasteiger partial charge in [0, 0.05) is 6.54 Å². The third kappa shape index (κ3) is 5.22. The highest BCUT2D eigenvalue weighted by Gasteiger charge is 2.21. The quantitative estimate of drug-likeness (QED) is 0.237. The number of quaternary nitrogens is 1. The van der Waals surface area contributed by atoms with E-state index in [0.717, 1.165) is 47.3 Å². The minimum Gasteiger partial charge on any atom is -1.00 e. The van der Waals surface area contributed by atoms with Gasteiger partial charge in [0.2, 0.25) is 0 Å². The lowest BCUT2D eigenvalue weighted by Crippen LogP contribution is -3.00. The van der Waals surface area contributed by atoms with Crippen LogP contribution in [0.4, 0.5) is 0 Å². The zero-order valence-corrected chi connectivity index (χ0v) is 20.6. The van der Waals surface area contributed by atoms with E-state index in [1.165, 1.54) is 0 Å². The Kier molecular flexibility index (Phi) is 8.50. The monoisotopic (exact) mass is 493 g/mol. The van der Waals surface area contributed by atoms with Crippen molar-refractivity contribution >= 4 is 11.0 Å². The highest BCUT2D eigenvalue weighted by molar-refractivity contribution is 5.81. The second-order valence-electron chi connectivity index (χ2n) is 7.86. The number of aromatic amines is 1. The summed E-state index contributed by atoms with van der Waals surface area (Å²) >= 11 is 0. The van der Waals surface area contributed by atoms with E-state index in [9.17, 15) is 9.59 Å². The first-order chi connectivity index (χ1) is 14.3. The summed E-state index contributed by atoms with van der Waals surface area (Å²) in [4.78, 5) is 34.9. The predicted molar refractivity (Wildman–Crippen MR) is 118 cm³/mol. The highest BCUT2D eigenvalue weighted by Crippen LogP contribution is 2.23. The molecule has 2 aliphatic rings. The number of nitrogens with one attached hydrogen (secondary N) is 1. The average Bonchev–Trinajstić information content (AvgIpc) is 2.72. The van der Waals surface area contributed by atoms with Crippen LogP contribution in [0.5, 0.6) is 0 Å². The van der Waals surface area contributed by atoms with Crippen LogP contribution >= 0.6 is 0 Å². The van der Waals surface area contributed by atoms with Crippen molar-refractivity contribution in [1.82, 2.24) is 19.5 Å². The van der Waals surface area contributed by atoms with Crippen molar-refractivity contribution in [3.05, 3.63) is 44.1 Å². The van der Waals surface area contributed by atoms with E-state index < -0.39 is 11.2 Å². The third-order valence-corrected chi connectivity index (χ3v) is 6.41. The molecule has 0 bridgehead atoms. The lowest BCUT2D eigenvalue weighted by molar-refractivity contribution is -0.923. The SMILES string of the molecule is CC[N+](CC)(CC)CCOCCn1c2nc(=O)[nH]c(=O)c-2nc2cc(C)c(C)cc21.[Br-]. The molecular weight excluding hydrogens is 462 g/mol. The summed E-state index contributed by atoms with van der Waals surface area (Å²) in [5.74, 6) is 0.295. The largest absolute Gasteiger partial charge is 1.00 e. The number of nitrogens with zero attached hydrogens (tertiary/aromatic N) is 4. The summed E-state index contributed by atoms with van der Waals surface area (Å²) in [6, 6.07) is 3.99. The van der Waals surface area contributed by atoms with Gasteiger partial charge in [-0.05, 0) is 57.9 Å². The maximum absolute atomic E-state index is 12.3. The molecule has 0 spiro atoms. The number of halogens is 1. The summed E-state index contributed by atoms with van der Waals surface area (Å²) in [5, 5.41) is 0. The minimum atomic E-state index is -0.664. The summed E-state index contributed by atoms with van der Waals surface area (Å²) in [6.07, 6.45) is 0. The molecule has 3 rings (SSSR count). The molecule has 170 valence electrons. The molecule has 2 heterocycles. The standard InChI is InChI=1S/C22H31N5O3.BrH/c1-6-27(7-2,8-3)10-12-30-11-9-26-18-14-16(5)15(4)13-17(18)23-19-20(26)24-22(29)25-21(19)28;/h13-14H,6-12H2,1-5H3;1H. The van der Waals surface area contributed by atoms with Crippen LogP contribution < -0.4 is 28.2 Å². The number of hydrogen-bond donors (Lipinski definition) is 1. The molecule has 0 unspecified atom stereocenters. The van der Waals surface area contributed by atoms with E-state index in [4.69, 9.17) is 4.74 Å². The van der Waals surface area contributed by atoms with Gasteiger partial charge in [-0.15, -0.1) is 0 Å². The van der Waals surface area contributed by atoms with E-state index in [1.54, 1.807) is 0 Å². The molecular formula is C22H32BrN5O3. The molecule has 1 aromatic rings. The van der Waals surface area contributed by atoms with Crippen LogP contribution in [0.25, 0.3) is 22.6 Å². The molecule has 0 fully saturated rings. The number of H-pyrrole nitrogens is 1. The van der Waals surface area contributed by atoms with Crippen molar-refractivity contribution in [1.29, 1.82) is 0 Å². The Morgan fingerprint density at radius 1 is 1.00 bits per heavy atom. The van der Waals surface area contributed by atoms with E-state index in [2.05, 4.69) is 35.7 Å². The number of fused-ring (bicyclic) bond motifs is 2. The number of hydrogen-bond acceptors (Lipinski definition) is 5. The van der Waals surface area contributed by atoms with E-state index in [0.29, 0.717) is 31.1 Å². The summed E-state index contributed by atoms with van der Waals surface area (Å²) < 4.78 is 8.87. The fraction of sp³-hybridized carbons (Fsp3) is 0.545. The number of likely N-dealkylation sites (N-methyl/N-ethyl adjacent to an activating group) is 1. The van der Waals surface area contributed by atoms with Crippen molar-refractivity contribution in [3.8, 4) is 11.5 Å². The van der Waals surface area contributed by atoms with Crippen LogP contribution in [0.1, 0.15) is 31.9 Å². The summed E-state index contributed by atoms with van der Waals surface area (Å²) in [7, 11) is 0. The van der Waals surface area contributed by atoms with Crippen LogP contribution in [-0.4, -0.2) is 63.4 Å². The fourth-order valence-corrected chi connectivity index (χ4v) is 3.94. The molecule has 9 heteroatoms. The molecule has 1 N–H and O–H groups in total. The first kappa shape index (κ1) is 25.2. The normalized spacial score (nSPS) is 11.8. The zero-order chi connectivity index (χ0) is 21.9. The van der Waals surface area contributed by atoms with Crippen molar-refractivity contribution < 1.29 is 26.2 Å². The topological polar surface area (TPSA) is 89.9 Å². The molecule has 0 radical (unpaired) electrons. The van der Waals surface area contributed by atoms with Gasteiger partial charge in [-0.3, -0.25) is 9.78 Å². The number of benzene rings is 1. The Balaban J connectivity index is 0.00000341. The maximum Gasteiger partial charge on any atom is 0.349 e. The van der Waals surface area contributed by atoms with Gasteiger partial charge in [0.25, 0.3) is 5.56 Å². The second-order valence-corrected chi connectivity index (χ2v) is 7.86. The Morgan fingerprint density at radius 2 is 1.65 bits per heavy atom. The Bertz CT molecular complexity index is 1110. The fourth-order valence-electron chi connectivity index (χ4n) is 3.94. The van der Waals surface area contributed by atoms with Crippen LogP contribution in [-0.2, 0) is 11.3 Å². The molecule has 1 aromatic carbocycles. The van der Waals surface area contributed by atoms with Gasteiger partial charge in [-0.1, -0.05) is 0 Å². The van der Waals surface area contributed by atoms with Crippen LogP contribution in [0.15, 0.2) is 21.7 Å². The second kappa shape index (κ2) is 10.5. The molecule has 31 heavy (non-hydrogen) atoms. The molecule has 0 aromatic heterocycles. The molecule has 0 saturated heterocycles. The van der Waals surface area contributed by atoms with Crippen LogP contribution in [0, 0.1) is 13.8 Å². The average molecular weight is 494 g/mol. The Hall–Kier alpha value is -2.10. The van der Waals surface area contributed by atoms with Gasteiger partial charge < -0.3 is 30.8 Å². The van der Waals surface area contributed by atoms with Gasteiger partial charge in [0.05, 0.1) is 43.9 Å². The zero-order valence-electron chi connectivity index (χ0n) is 19.0. The molecule has 0 atom stereocenters. The van der Waals surface area contributed by atoms with E-state index in [-0.39, 0.29) is 22.7 Å². The van der Waals surface area contributed by atoms with Gasteiger partial charge >= 0.3 is 5.69 Å². The third-order valence-electron chi connectivity index (χ3n) is 6.41. The smallest absolute Gasteiger partial charge is 0.349 e. The first-order valence-corrected chi connectivity index (χ1v) is 10.7. The van der Waals surface area contributed by atoms with Crippen LogP contribution in [0.3, 0.4) is 0 Å². The predicted octanol–water partition coefficient (Wildman–Crippen LogP) is -0.901. The summed E-state index contributed by atoms with van der Waals surface area (Å²) in [6.45, 7) is 16.5. The van der Waals surface area contributed by atoms with Crippen LogP contribution in [0.2, 0.25) is 0 Å². The van der Waals surface area contributed by atoms with Crippen molar-refractivity contribution in [2.45, 2.75) is 41.2 Å². The number of aromatic nitrogens is 4. The molecule has 0 aliphatic carbocycles. The summed E-state index contributed by atoms with van der Waals surface area (Å²) in [5.41, 5.74) is 2.74. The minimum absolute atomic E-state index is 0. The van der Waals surface area contributed by atoms with Gasteiger partial charge in [-0.25, -0.2) is 9.78 Å². The highest BCUT2D eigenvalue weighted by atomic mass is 79.9. The molecule has 0 saturated carbocycles. The van der Waals surface area contributed by atoms with Gasteiger partial charge in [-0.2, -0.15) is 4.98 Å². The van der Waals surface area contributed by atoms with E-state index in [1.807, 2.05) is 30.5 Å². The molecule has 8 nitrogen and oxygen atoms in total. The molecule has 2 aliphatic heterocycles. The lowest BCUT2D eigenvalue weighted by atomic mass is 10.1. The lowest BCUT2D eigenvalue weighted by Gasteiger charge is -2.35. The van der Waals surface area contributed by atoms with E-state index >= 15 is 0 Å². The molecule has 0 amide bonds. The van der Waals surface area contributed by atoms with Crippen molar-refractivity contribution in [3.63, 3.8) is 0 Å².